The molecule has 2 rings (SSSR count). The summed E-state index contributed by atoms with van der Waals surface area (Å²) in [5.41, 5.74) is 1.26. The van der Waals surface area contributed by atoms with E-state index < -0.39 is 0 Å². The van der Waals surface area contributed by atoms with Crippen LogP contribution in [-0.2, 0) is 4.79 Å². The number of carbonyl (C=O) groups excluding carboxylic acids is 1. The van der Waals surface area contributed by atoms with Crippen molar-refractivity contribution < 1.29 is 4.79 Å². The number of carbonyl (C=O) groups is 1. The first-order valence-electron chi connectivity index (χ1n) is 7.51. The summed E-state index contributed by atoms with van der Waals surface area (Å²) in [6, 6.07) is 10.4. The van der Waals surface area contributed by atoms with Gasteiger partial charge in [0.05, 0.1) is 0 Å². The molecule has 20 heavy (non-hydrogen) atoms. The molecule has 1 aromatic carbocycles. The highest BCUT2D eigenvalue weighted by Gasteiger charge is 2.18. The van der Waals surface area contributed by atoms with Crippen molar-refractivity contribution in [1.82, 2.24) is 9.80 Å². The molecule has 0 aliphatic carbocycles. The van der Waals surface area contributed by atoms with Crippen molar-refractivity contribution in [2.75, 3.05) is 32.7 Å². The van der Waals surface area contributed by atoms with Crippen LogP contribution in [0.5, 0.6) is 0 Å². The molecule has 1 aliphatic heterocycles. The van der Waals surface area contributed by atoms with Crippen LogP contribution in [0, 0.1) is 0 Å². The van der Waals surface area contributed by atoms with Gasteiger partial charge in [-0.1, -0.05) is 49.4 Å². The molecule has 0 N–H and O–H groups in total. The molecule has 0 spiro atoms. The molecule has 3 heteroatoms. The van der Waals surface area contributed by atoms with Crippen molar-refractivity contribution in [3.8, 4) is 0 Å². The molecular formula is C17H24N2O. The smallest absolute Gasteiger partial charge is 0.222 e. The van der Waals surface area contributed by atoms with Crippen LogP contribution in [0.15, 0.2) is 36.4 Å². The van der Waals surface area contributed by atoms with E-state index in [1.807, 2.05) is 17.9 Å². The van der Waals surface area contributed by atoms with E-state index in [1.165, 1.54) is 5.56 Å². The first kappa shape index (κ1) is 14.8. The lowest BCUT2D eigenvalue weighted by atomic mass is 10.2. The molecule has 0 saturated carbocycles. The summed E-state index contributed by atoms with van der Waals surface area (Å²) in [7, 11) is 0. The average molecular weight is 272 g/mol. The zero-order valence-electron chi connectivity index (χ0n) is 12.3. The van der Waals surface area contributed by atoms with Crippen LogP contribution in [0.2, 0.25) is 0 Å². The number of rotatable bonds is 5. The minimum Gasteiger partial charge on any atom is -0.340 e. The molecule has 1 amide bonds. The maximum atomic E-state index is 11.6. The Morgan fingerprint density at radius 1 is 1.15 bits per heavy atom. The topological polar surface area (TPSA) is 23.6 Å². The standard InChI is InChI=1S/C17H24N2O/c1-2-17(20)19-14-12-18(13-15-19)11-7-6-10-16-8-4-3-5-9-16/h3-6,8-10H,2,7,11-15H2,1H3/b10-6+. The summed E-state index contributed by atoms with van der Waals surface area (Å²) in [6.45, 7) is 6.79. The van der Waals surface area contributed by atoms with Crippen molar-refractivity contribution in [1.29, 1.82) is 0 Å². The maximum Gasteiger partial charge on any atom is 0.222 e. The lowest BCUT2D eigenvalue weighted by Gasteiger charge is -2.34. The third-order valence-electron chi connectivity index (χ3n) is 3.75. The lowest BCUT2D eigenvalue weighted by Crippen LogP contribution is -2.48. The number of nitrogens with zero attached hydrogens (tertiary/aromatic N) is 2. The molecular weight excluding hydrogens is 248 g/mol. The number of amides is 1. The Morgan fingerprint density at radius 2 is 1.85 bits per heavy atom. The third-order valence-corrected chi connectivity index (χ3v) is 3.75. The Bertz CT molecular complexity index is 434. The van der Waals surface area contributed by atoms with Crippen LogP contribution in [0.25, 0.3) is 6.08 Å². The SMILES string of the molecule is CCC(=O)N1CCN(CC/C=C/c2ccccc2)CC1. The van der Waals surface area contributed by atoms with Crippen LogP contribution in [-0.4, -0.2) is 48.4 Å². The molecule has 1 aliphatic rings. The molecule has 0 radical (unpaired) electrons. The highest BCUT2D eigenvalue weighted by molar-refractivity contribution is 5.75. The van der Waals surface area contributed by atoms with E-state index in [9.17, 15) is 4.79 Å². The predicted octanol–water partition coefficient (Wildman–Crippen LogP) is 2.64. The van der Waals surface area contributed by atoms with Gasteiger partial charge in [-0.15, -0.1) is 0 Å². The van der Waals surface area contributed by atoms with Gasteiger partial charge in [0.1, 0.15) is 0 Å². The minimum atomic E-state index is 0.286. The van der Waals surface area contributed by atoms with Crippen molar-refractivity contribution in [3.05, 3.63) is 42.0 Å². The van der Waals surface area contributed by atoms with Gasteiger partial charge in [0.15, 0.2) is 0 Å². The van der Waals surface area contributed by atoms with E-state index in [0.717, 1.165) is 39.1 Å². The van der Waals surface area contributed by atoms with Crippen LogP contribution in [0.1, 0.15) is 25.3 Å². The number of hydrogen-bond donors (Lipinski definition) is 0. The normalized spacial score (nSPS) is 16.8. The largest absolute Gasteiger partial charge is 0.340 e. The van der Waals surface area contributed by atoms with Gasteiger partial charge < -0.3 is 4.90 Å². The molecule has 108 valence electrons. The predicted molar refractivity (Wildman–Crippen MR) is 83.4 cm³/mol. The monoisotopic (exact) mass is 272 g/mol. The van der Waals surface area contributed by atoms with E-state index in [2.05, 4.69) is 41.3 Å². The van der Waals surface area contributed by atoms with Crippen LogP contribution >= 0.6 is 0 Å². The van der Waals surface area contributed by atoms with Gasteiger partial charge in [-0.25, -0.2) is 0 Å². The molecule has 0 bridgehead atoms. The maximum absolute atomic E-state index is 11.6. The second kappa shape index (κ2) is 7.85. The molecule has 1 fully saturated rings. The van der Waals surface area contributed by atoms with Crippen molar-refractivity contribution in [2.45, 2.75) is 19.8 Å². The molecule has 3 nitrogen and oxygen atoms in total. The minimum absolute atomic E-state index is 0.286. The first-order chi connectivity index (χ1) is 9.79. The molecule has 1 aromatic rings. The highest BCUT2D eigenvalue weighted by Crippen LogP contribution is 2.06. The van der Waals surface area contributed by atoms with Gasteiger partial charge in [0, 0.05) is 39.1 Å². The fourth-order valence-electron chi connectivity index (χ4n) is 2.49. The van der Waals surface area contributed by atoms with Crippen LogP contribution in [0.4, 0.5) is 0 Å². The van der Waals surface area contributed by atoms with Crippen molar-refractivity contribution in [2.24, 2.45) is 0 Å². The second-order valence-corrected chi connectivity index (χ2v) is 5.18. The van der Waals surface area contributed by atoms with Gasteiger partial charge in [-0.05, 0) is 12.0 Å². The molecule has 0 atom stereocenters. The fourth-order valence-corrected chi connectivity index (χ4v) is 2.49. The van der Waals surface area contributed by atoms with Gasteiger partial charge >= 0.3 is 0 Å². The Kier molecular flexibility index (Phi) is 5.81. The van der Waals surface area contributed by atoms with Crippen molar-refractivity contribution >= 4 is 12.0 Å². The van der Waals surface area contributed by atoms with Crippen molar-refractivity contribution in [3.63, 3.8) is 0 Å². The van der Waals surface area contributed by atoms with E-state index in [-0.39, 0.29) is 5.91 Å². The van der Waals surface area contributed by atoms with E-state index >= 15 is 0 Å². The van der Waals surface area contributed by atoms with Gasteiger partial charge in [0.2, 0.25) is 5.91 Å². The lowest BCUT2D eigenvalue weighted by molar-refractivity contribution is -0.132. The summed E-state index contributed by atoms with van der Waals surface area (Å²) < 4.78 is 0. The Balaban J connectivity index is 1.66. The Labute approximate surface area is 121 Å². The average Bonchev–Trinajstić information content (AvgIpc) is 2.52. The van der Waals surface area contributed by atoms with Gasteiger partial charge in [-0.3, -0.25) is 9.69 Å². The zero-order chi connectivity index (χ0) is 14.2. The molecule has 0 aromatic heterocycles. The zero-order valence-corrected chi connectivity index (χ0v) is 12.3. The number of hydrogen-bond acceptors (Lipinski definition) is 2. The Morgan fingerprint density at radius 3 is 2.50 bits per heavy atom. The van der Waals surface area contributed by atoms with E-state index in [0.29, 0.717) is 6.42 Å². The third kappa shape index (κ3) is 4.49. The number of piperazine rings is 1. The summed E-state index contributed by atoms with van der Waals surface area (Å²) in [5, 5.41) is 0. The molecule has 1 heterocycles. The van der Waals surface area contributed by atoms with Crippen LogP contribution in [0.3, 0.4) is 0 Å². The van der Waals surface area contributed by atoms with Crippen LogP contribution < -0.4 is 0 Å². The summed E-state index contributed by atoms with van der Waals surface area (Å²) in [4.78, 5) is 16.0. The van der Waals surface area contributed by atoms with Gasteiger partial charge in [-0.2, -0.15) is 0 Å². The number of benzene rings is 1. The van der Waals surface area contributed by atoms with E-state index in [1.54, 1.807) is 0 Å². The molecule has 1 saturated heterocycles. The van der Waals surface area contributed by atoms with E-state index in [4.69, 9.17) is 0 Å². The Hall–Kier alpha value is -1.61. The summed E-state index contributed by atoms with van der Waals surface area (Å²) in [6.07, 6.45) is 6.10. The highest BCUT2D eigenvalue weighted by atomic mass is 16.2. The van der Waals surface area contributed by atoms with Gasteiger partial charge in [0.25, 0.3) is 0 Å². The summed E-state index contributed by atoms with van der Waals surface area (Å²) in [5.74, 6) is 0.286. The second-order valence-electron chi connectivity index (χ2n) is 5.18. The summed E-state index contributed by atoms with van der Waals surface area (Å²) >= 11 is 0. The quantitative estimate of drug-likeness (QED) is 0.822. The molecule has 0 unspecified atom stereocenters. The fraction of sp³-hybridized carbons (Fsp3) is 0.471. The first-order valence-corrected chi connectivity index (χ1v) is 7.51.